The molecule has 7 nitrogen and oxygen atoms in total. The van der Waals surface area contributed by atoms with Gasteiger partial charge in [-0.3, -0.25) is 9.59 Å². The van der Waals surface area contributed by atoms with E-state index in [1.54, 1.807) is 13.2 Å². The number of nitrogens with one attached hydrogen (secondary N) is 1. The van der Waals surface area contributed by atoms with Crippen molar-refractivity contribution in [2.24, 2.45) is 13.0 Å². The summed E-state index contributed by atoms with van der Waals surface area (Å²) in [6.45, 7) is 1.31. The second-order valence-corrected chi connectivity index (χ2v) is 6.52. The molecule has 1 unspecified atom stereocenters. The van der Waals surface area contributed by atoms with Crippen LogP contribution in [0.3, 0.4) is 0 Å². The van der Waals surface area contributed by atoms with Crippen LogP contribution in [0.15, 0.2) is 41.3 Å². The number of carbonyl (C=O) groups is 1. The Labute approximate surface area is 158 Å². The van der Waals surface area contributed by atoms with Gasteiger partial charge in [0.1, 0.15) is 5.75 Å². The van der Waals surface area contributed by atoms with E-state index in [9.17, 15) is 22.8 Å². The van der Waals surface area contributed by atoms with Crippen molar-refractivity contribution in [3.05, 3.63) is 52.4 Å². The first-order valence-electron chi connectivity index (χ1n) is 8.62. The normalized spacial score (nSPS) is 16.9. The Hall–Kier alpha value is -3.04. The van der Waals surface area contributed by atoms with Crippen LogP contribution in [0, 0.1) is 5.92 Å². The summed E-state index contributed by atoms with van der Waals surface area (Å²) in [4.78, 5) is 26.0. The van der Waals surface area contributed by atoms with Crippen LogP contribution in [0.5, 0.6) is 5.75 Å². The number of ether oxygens (including phenoxy) is 1. The third-order valence-corrected chi connectivity index (χ3v) is 4.50. The zero-order valence-corrected chi connectivity index (χ0v) is 15.1. The van der Waals surface area contributed by atoms with Gasteiger partial charge in [-0.1, -0.05) is 12.1 Å². The van der Waals surface area contributed by atoms with Crippen LogP contribution in [-0.2, 0) is 18.4 Å². The topological polar surface area (TPSA) is 76.5 Å². The molecule has 2 aromatic rings. The number of benzene rings is 1. The van der Waals surface area contributed by atoms with E-state index in [1.165, 1.54) is 35.0 Å². The maximum Gasteiger partial charge on any atom is 0.573 e. The minimum absolute atomic E-state index is 0.144. The molecule has 1 aliphatic heterocycles. The molecule has 0 spiro atoms. The van der Waals surface area contributed by atoms with Crippen molar-refractivity contribution in [2.45, 2.75) is 19.3 Å². The Balaban J connectivity index is 1.51. The molecule has 1 aromatic carbocycles. The fraction of sp³-hybridized carbons (Fsp3) is 0.389. The van der Waals surface area contributed by atoms with Gasteiger partial charge in [-0.2, -0.15) is 5.10 Å². The van der Waals surface area contributed by atoms with Crippen LogP contribution in [0.25, 0.3) is 0 Å². The summed E-state index contributed by atoms with van der Waals surface area (Å²) in [6, 6.07) is 6.82. The van der Waals surface area contributed by atoms with Gasteiger partial charge in [0.15, 0.2) is 0 Å². The minimum Gasteiger partial charge on any atom is -0.406 e. The number of rotatable bonds is 5. The van der Waals surface area contributed by atoms with Gasteiger partial charge in [0, 0.05) is 32.7 Å². The van der Waals surface area contributed by atoms with Gasteiger partial charge in [-0.15, -0.1) is 13.2 Å². The van der Waals surface area contributed by atoms with Crippen molar-refractivity contribution in [1.29, 1.82) is 0 Å². The average Bonchev–Trinajstić information content (AvgIpc) is 3.12. The smallest absolute Gasteiger partial charge is 0.406 e. The first-order chi connectivity index (χ1) is 13.2. The van der Waals surface area contributed by atoms with Gasteiger partial charge in [-0.25, -0.2) is 4.68 Å². The number of aryl methyl sites for hydroxylation is 1. The van der Waals surface area contributed by atoms with E-state index >= 15 is 0 Å². The summed E-state index contributed by atoms with van der Waals surface area (Å²) in [5, 5.41) is 6.77. The fourth-order valence-corrected chi connectivity index (χ4v) is 2.98. The number of halogens is 3. The van der Waals surface area contributed by atoms with Crippen LogP contribution in [-0.4, -0.2) is 35.1 Å². The number of aromatic nitrogens is 2. The van der Waals surface area contributed by atoms with Gasteiger partial charge in [0.05, 0.1) is 17.8 Å². The van der Waals surface area contributed by atoms with Gasteiger partial charge < -0.3 is 15.0 Å². The molecule has 0 bridgehead atoms. The number of anilines is 1. The van der Waals surface area contributed by atoms with Crippen molar-refractivity contribution in [3.8, 4) is 5.75 Å². The monoisotopic (exact) mass is 396 g/mol. The summed E-state index contributed by atoms with van der Waals surface area (Å²) < 4.78 is 41.5. The largest absolute Gasteiger partial charge is 0.573 e. The van der Waals surface area contributed by atoms with Gasteiger partial charge in [0.2, 0.25) is 5.91 Å². The maximum absolute atomic E-state index is 12.4. The number of hydrogen-bond donors (Lipinski definition) is 1. The van der Waals surface area contributed by atoms with Crippen LogP contribution in [0.1, 0.15) is 12.0 Å². The van der Waals surface area contributed by atoms with Gasteiger partial charge in [0.25, 0.3) is 5.56 Å². The van der Waals surface area contributed by atoms with E-state index in [4.69, 9.17) is 0 Å². The molecular weight excluding hydrogens is 377 g/mol. The predicted molar refractivity (Wildman–Crippen MR) is 94.8 cm³/mol. The highest BCUT2D eigenvalue weighted by atomic mass is 19.4. The number of amides is 1. The fourth-order valence-electron chi connectivity index (χ4n) is 2.98. The Morgan fingerprint density at radius 1 is 1.32 bits per heavy atom. The van der Waals surface area contributed by atoms with E-state index in [0.717, 1.165) is 0 Å². The molecular formula is C18H19F3N4O3. The molecule has 3 rings (SSSR count). The van der Waals surface area contributed by atoms with Gasteiger partial charge in [-0.05, 0) is 24.1 Å². The van der Waals surface area contributed by atoms with Crippen molar-refractivity contribution < 1.29 is 22.7 Å². The summed E-state index contributed by atoms with van der Waals surface area (Å²) in [6.07, 6.45) is -2.51. The molecule has 1 saturated heterocycles. The van der Waals surface area contributed by atoms with E-state index < -0.39 is 6.36 Å². The maximum atomic E-state index is 12.4. The lowest BCUT2D eigenvalue weighted by Gasteiger charge is -2.18. The highest BCUT2D eigenvalue weighted by Crippen LogP contribution is 2.24. The summed E-state index contributed by atoms with van der Waals surface area (Å²) in [5.74, 6) is -0.691. The lowest BCUT2D eigenvalue weighted by Crippen LogP contribution is -2.32. The van der Waals surface area contributed by atoms with Crippen LogP contribution in [0.2, 0.25) is 0 Å². The zero-order chi connectivity index (χ0) is 20.3. The van der Waals surface area contributed by atoms with Crippen molar-refractivity contribution in [1.82, 2.24) is 15.1 Å². The third kappa shape index (κ3) is 5.02. The Morgan fingerprint density at radius 3 is 2.68 bits per heavy atom. The number of carbonyl (C=O) groups excluding carboxylic acids is 1. The molecule has 1 fully saturated rings. The average molecular weight is 396 g/mol. The Kier molecular flexibility index (Phi) is 5.57. The molecule has 1 aromatic heterocycles. The third-order valence-electron chi connectivity index (χ3n) is 4.50. The molecule has 28 heavy (non-hydrogen) atoms. The molecule has 0 radical (unpaired) electrons. The standard InChI is InChI=1S/C18H19F3N4O3/c1-24-16(26)8-14(10-23-24)25-7-6-13(11-25)17(27)22-9-12-2-4-15(5-3-12)28-18(19,20)21/h2-5,8,10,13H,6-7,9,11H2,1H3,(H,22,27). The molecule has 10 heteroatoms. The van der Waals surface area contributed by atoms with Gasteiger partial charge >= 0.3 is 6.36 Å². The molecule has 2 heterocycles. The van der Waals surface area contributed by atoms with Crippen molar-refractivity contribution in [2.75, 3.05) is 18.0 Å². The van der Waals surface area contributed by atoms with E-state index in [1.807, 2.05) is 4.90 Å². The molecule has 1 aliphatic rings. The first-order valence-corrected chi connectivity index (χ1v) is 8.62. The lowest BCUT2D eigenvalue weighted by molar-refractivity contribution is -0.274. The van der Waals surface area contributed by atoms with E-state index in [2.05, 4.69) is 15.2 Å². The second-order valence-electron chi connectivity index (χ2n) is 6.52. The second kappa shape index (κ2) is 7.91. The van der Waals surface area contributed by atoms with E-state index in [0.29, 0.717) is 30.8 Å². The summed E-state index contributed by atoms with van der Waals surface area (Å²) >= 11 is 0. The summed E-state index contributed by atoms with van der Waals surface area (Å²) in [7, 11) is 1.56. The lowest BCUT2D eigenvalue weighted by atomic mass is 10.1. The zero-order valence-electron chi connectivity index (χ0n) is 15.1. The SMILES string of the molecule is Cn1ncc(N2CCC(C(=O)NCc3ccc(OC(F)(F)F)cc3)C2)cc1=O. The van der Waals surface area contributed by atoms with Crippen molar-refractivity contribution >= 4 is 11.6 Å². The summed E-state index contributed by atoms with van der Waals surface area (Å²) in [5.41, 5.74) is 1.12. The number of hydrogen-bond acceptors (Lipinski definition) is 5. The highest BCUT2D eigenvalue weighted by molar-refractivity contribution is 5.80. The molecule has 150 valence electrons. The first kappa shape index (κ1) is 19.7. The Bertz CT molecular complexity index is 896. The number of nitrogens with zero attached hydrogens (tertiary/aromatic N) is 3. The highest BCUT2D eigenvalue weighted by Gasteiger charge is 2.31. The Morgan fingerprint density at radius 2 is 2.04 bits per heavy atom. The van der Waals surface area contributed by atoms with Crippen LogP contribution >= 0.6 is 0 Å². The minimum atomic E-state index is -4.73. The predicted octanol–water partition coefficient (Wildman–Crippen LogP) is 1.82. The molecule has 0 saturated carbocycles. The molecule has 1 amide bonds. The molecule has 1 atom stereocenters. The van der Waals surface area contributed by atoms with Crippen molar-refractivity contribution in [3.63, 3.8) is 0 Å². The molecule has 0 aliphatic carbocycles. The van der Waals surface area contributed by atoms with Crippen LogP contribution < -0.4 is 20.5 Å². The number of alkyl halides is 3. The molecule has 1 N–H and O–H groups in total. The van der Waals surface area contributed by atoms with E-state index in [-0.39, 0.29) is 29.7 Å². The quantitative estimate of drug-likeness (QED) is 0.835. The van der Waals surface area contributed by atoms with Crippen LogP contribution in [0.4, 0.5) is 18.9 Å².